The van der Waals surface area contributed by atoms with Crippen molar-refractivity contribution >= 4 is 0 Å². The van der Waals surface area contributed by atoms with E-state index in [1.165, 1.54) is 12.1 Å². The fourth-order valence-corrected chi connectivity index (χ4v) is 1.74. The zero-order valence-corrected chi connectivity index (χ0v) is 9.16. The Bertz CT molecular complexity index is 576. The predicted octanol–water partition coefficient (Wildman–Crippen LogP) is 3.01. The van der Waals surface area contributed by atoms with E-state index in [4.69, 9.17) is 5.26 Å². The molecule has 2 nitrogen and oxygen atoms in total. The molecule has 0 spiro atoms. The molecule has 0 unspecified atom stereocenters. The third-order valence-corrected chi connectivity index (χ3v) is 2.78. The van der Waals surface area contributed by atoms with Crippen LogP contribution in [0.15, 0.2) is 30.3 Å². The number of aromatic nitrogens is 1. The number of benzene rings is 1. The van der Waals surface area contributed by atoms with Crippen molar-refractivity contribution in [3.63, 3.8) is 0 Å². The molecule has 0 N–H and O–H groups in total. The van der Waals surface area contributed by atoms with Crippen LogP contribution in [0.4, 0.5) is 4.39 Å². The molecule has 0 radical (unpaired) electrons. The van der Waals surface area contributed by atoms with Crippen LogP contribution in [0.2, 0.25) is 0 Å². The fraction of sp³-hybridized carbons (Fsp3) is 0.154. The van der Waals surface area contributed by atoms with E-state index in [0.717, 1.165) is 17.0 Å². The molecule has 0 saturated carbocycles. The van der Waals surface area contributed by atoms with Gasteiger partial charge in [0.2, 0.25) is 0 Å². The summed E-state index contributed by atoms with van der Waals surface area (Å²) in [6.07, 6.45) is 0. The summed E-state index contributed by atoms with van der Waals surface area (Å²) in [7, 11) is 1.87. The van der Waals surface area contributed by atoms with Crippen molar-refractivity contribution in [3.8, 4) is 17.3 Å². The van der Waals surface area contributed by atoms with E-state index < -0.39 is 0 Å². The Labute approximate surface area is 93.6 Å². The van der Waals surface area contributed by atoms with Gasteiger partial charge in [-0.2, -0.15) is 5.26 Å². The lowest BCUT2D eigenvalue weighted by Crippen LogP contribution is -1.94. The van der Waals surface area contributed by atoms with Crippen molar-refractivity contribution in [2.45, 2.75) is 6.92 Å². The molecule has 16 heavy (non-hydrogen) atoms. The van der Waals surface area contributed by atoms with Crippen LogP contribution in [0, 0.1) is 24.1 Å². The molecule has 1 aromatic heterocycles. The second-order valence-electron chi connectivity index (χ2n) is 3.71. The summed E-state index contributed by atoms with van der Waals surface area (Å²) >= 11 is 0. The third kappa shape index (κ3) is 1.59. The van der Waals surface area contributed by atoms with E-state index in [0.29, 0.717) is 5.56 Å². The number of hydrogen-bond donors (Lipinski definition) is 0. The zero-order chi connectivity index (χ0) is 11.7. The Kier molecular flexibility index (Phi) is 2.49. The van der Waals surface area contributed by atoms with Crippen molar-refractivity contribution in [1.29, 1.82) is 5.26 Å². The highest BCUT2D eigenvalue weighted by Crippen LogP contribution is 2.24. The maximum absolute atomic E-state index is 13.1. The van der Waals surface area contributed by atoms with Crippen molar-refractivity contribution in [3.05, 3.63) is 47.4 Å². The summed E-state index contributed by atoms with van der Waals surface area (Å²) in [6, 6.07) is 10.3. The molecule has 1 heterocycles. The van der Waals surface area contributed by atoms with Gasteiger partial charge in [-0.3, -0.25) is 0 Å². The zero-order valence-electron chi connectivity index (χ0n) is 9.16. The molecular formula is C13H11FN2. The average Bonchev–Trinajstić information content (AvgIpc) is 2.56. The highest BCUT2D eigenvalue weighted by molar-refractivity contribution is 5.64. The summed E-state index contributed by atoms with van der Waals surface area (Å²) in [5, 5.41) is 8.92. The second kappa shape index (κ2) is 3.82. The van der Waals surface area contributed by atoms with Gasteiger partial charge in [-0.15, -0.1) is 0 Å². The third-order valence-electron chi connectivity index (χ3n) is 2.78. The van der Waals surface area contributed by atoms with Crippen molar-refractivity contribution in [1.82, 2.24) is 4.57 Å². The lowest BCUT2D eigenvalue weighted by molar-refractivity contribution is 0.628. The van der Waals surface area contributed by atoms with E-state index in [-0.39, 0.29) is 5.82 Å². The van der Waals surface area contributed by atoms with Gasteiger partial charge >= 0.3 is 0 Å². The monoisotopic (exact) mass is 214 g/mol. The second-order valence-corrected chi connectivity index (χ2v) is 3.71. The molecule has 0 fully saturated rings. The van der Waals surface area contributed by atoms with Crippen LogP contribution in [0.5, 0.6) is 0 Å². The maximum Gasteiger partial charge on any atom is 0.123 e. The topological polar surface area (TPSA) is 28.7 Å². The molecule has 2 rings (SSSR count). The summed E-state index contributed by atoms with van der Waals surface area (Å²) in [5.41, 5.74) is 3.16. The van der Waals surface area contributed by atoms with E-state index in [1.807, 2.05) is 24.6 Å². The molecule has 1 aromatic carbocycles. The smallest absolute Gasteiger partial charge is 0.123 e. The van der Waals surface area contributed by atoms with E-state index in [2.05, 4.69) is 6.07 Å². The first-order valence-electron chi connectivity index (χ1n) is 4.96. The van der Waals surface area contributed by atoms with Gasteiger partial charge < -0.3 is 4.57 Å². The van der Waals surface area contributed by atoms with Gasteiger partial charge in [-0.05, 0) is 25.1 Å². The highest BCUT2D eigenvalue weighted by Gasteiger charge is 2.10. The lowest BCUT2D eigenvalue weighted by Gasteiger charge is -2.04. The predicted molar refractivity (Wildman–Crippen MR) is 60.3 cm³/mol. The Morgan fingerprint density at radius 3 is 2.62 bits per heavy atom. The molecule has 0 aliphatic rings. The average molecular weight is 214 g/mol. The minimum Gasteiger partial charge on any atom is -0.347 e. The largest absolute Gasteiger partial charge is 0.347 e. The molecule has 0 aliphatic carbocycles. The number of nitrogens with zero attached hydrogens (tertiary/aromatic N) is 2. The van der Waals surface area contributed by atoms with Gasteiger partial charge in [0.25, 0.3) is 0 Å². The molecule has 0 aliphatic heterocycles. The Balaban J connectivity index is 2.62. The molecule has 0 atom stereocenters. The fourth-order valence-electron chi connectivity index (χ4n) is 1.74. The normalized spacial score (nSPS) is 10.1. The van der Waals surface area contributed by atoms with E-state index in [1.54, 1.807) is 12.1 Å². The number of halogens is 1. The van der Waals surface area contributed by atoms with Crippen LogP contribution in [0.1, 0.15) is 11.3 Å². The van der Waals surface area contributed by atoms with Gasteiger partial charge in [-0.1, -0.05) is 12.1 Å². The van der Waals surface area contributed by atoms with Gasteiger partial charge in [0.1, 0.15) is 11.9 Å². The van der Waals surface area contributed by atoms with E-state index >= 15 is 0 Å². The quantitative estimate of drug-likeness (QED) is 0.717. The van der Waals surface area contributed by atoms with Gasteiger partial charge in [0.15, 0.2) is 0 Å². The first kappa shape index (κ1) is 10.4. The Morgan fingerprint density at radius 1 is 1.31 bits per heavy atom. The maximum atomic E-state index is 13.1. The van der Waals surface area contributed by atoms with Crippen LogP contribution in [0.25, 0.3) is 11.3 Å². The molecule has 0 amide bonds. The highest BCUT2D eigenvalue weighted by atomic mass is 19.1. The van der Waals surface area contributed by atoms with Crippen molar-refractivity contribution in [2.24, 2.45) is 7.05 Å². The van der Waals surface area contributed by atoms with Crippen LogP contribution in [-0.2, 0) is 7.05 Å². The standard InChI is InChI=1S/C13H11FN2/c1-9-11(8-15)7-13(16(9)2)10-4-3-5-12(14)6-10/h3-7H,1-2H3. The molecular weight excluding hydrogens is 203 g/mol. The summed E-state index contributed by atoms with van der Waals surface area (Å²) < 4.78 is 15.0. The summed E-state index contributed by atoms with van der Waals surface area (Å²) in [5.74, 6) is -0.269. The van der Waals surface area contributed by atoms with Crippen LogP contribution < -0.4 is 0 Å². The molecule has 2 aromatic rings. The summed E-state index contributed by atoms with van der Waals surface area (Å²) in [4.78, 5) is 0. The van der Waals surface area contributed by atoms with Gasteiger partial charge in [0, 0.05) is 24.0 Å². The molecule has 3 heteroatoms. The van der Waals surface area contributed by atoms with Crippen LogP contribution >= 0.6 is 0 Å². The lowest BCUT2D eigenvalue weighted by atomic mass is 10.1. The minimum atomic E-state index is -0.269. The van der Waals surface area contributed by atoms with Crippen molar-refractivity contribution in [2.75, 3.05) is 0 Å². The van der Waals surface area contributed by atoms with Gasteiger partial charge in [-0.25, -0.2) is 4.39 Å². The van der Waals surface area contributed by atoms with Crippen LogP contribution in [-0.4, -0.2) is 4.57 Å². The SMILES string of the molecule is Cc1c(C#N)cc(-c2cccc(F)c2)n1C. The van der Waals surface area contributed by atoms with E-state index in [9.17, 15) is 4.39 Å². The molecule has 80 valence electrons. The van der Waals surface area contributed by atoms with Gasteiger partial charge in [0.05, 0.1) is 5.56 Å². The minimum absolute atomic E-state index is 0.269. The Morgan fingerprint density at radius 2 is 2.06 bits per heavy atom. The van der Waals surface area contributed by atoms with Crippen molar-refractivity contribution < 1.29 is 4.39 Å². The van der Waals surface area contributed by atoms with Crippen LogP contribution in [0.3, 0.4) is 0 Å². The number of nitriles is 1. The number of rotatable bonds is 1. The molecule has 0 bridgehead atoms. The molecule has 0 saturated heterocycles. The summed E-state index contributed by atoms with van der Waals surface area (Å²) in [6.45, 7) is 1.88. The Hall–Kier alpha value is -2.08. The number of hydrogen-bond acceptors (Lipinski definition) is 1. The first-order valence-corrected chi connectivity index (χ1v) is 4.96. The first-order chi connectivity index (χ1) is 7.63.